The first kappa shape index (κ1) is 19.5. The van der Waals surface area contributed by atoms with Gasteiger partial charge in [0, 0.05) is 24.3 Å². The SMILES string of the molecule is CNCCCC(=O)Nc1cccc(N(CC(N)=O)Cc2ccccc2)c1. The Morgan fingerprint density at radius 2 is 1.85 bits per heavy atom. The van der Waals surface area contributed by atoms with E-state index in [0.717, 1.165) is 24.2 Å². The number of nitrogens with one attached hydrogen (secondary N) is 2. The molecule has 2 rings (SSSR count). The zero-order valence-corrected chi connectivity index (χ0v) is 15.1. The highest BCUT2D eigenvalue weighted by molar-refractivity contribution is 5.91. The van der Waals surface area contributed by atoms with Crippen LogP contribution in [0.3, 0.4) is 0 Å². The summed E-state index contributed by atoms with van der Waals surface area (Å²) in [5.74, 6) is -0.427. The molecule has 2 amide bonds. The van der Waals surface area contributed by atoms with Gasteiger partial charge in [0.15, 0.2) is 0 Å². The van der Waals surface area contributed by atoms with Gasteiger partial charge in [0.1, 0.15) is 0 Å². The Hall–Kier alpha value is -2.86. The maximum Gasteiger partial charge on any atom is 0.236 e. The molecule has 4 N–H and O–H groups in total. The van der Waals surface area contributed by atoms with Crippen LogP contribution in [0.5, 0.6) is 0 Å². The molecule has 0 heterocycles. The minimum atomic E-state index is -0.401. The largest absolute Gasteiger partial charge is 0.368 e. The van der Waals surface area contributed by atoms with Crippen molar-refractivity contribution in [2.75, 3.05) is 30.4 Å². The quantitative estimate of drug-likeness (QED) is 0.570. The number of primary amides is 1. The van der Waals surface area contributed by atoms with Crippen molar-refractivity contribution in [2.45, 2.75) is 19.4 Å². The van der Waals surface area contributed by atoms with Crippen LogP contribution < -0.4 is 21.3 Å². The van der Waals surface area contributed by atoms with E-state index in [2.05, 4.69) is 10.6 Å². The topological polar surface area (TPSA) is 87.5 Å². The van der Waals surface area contributed by atoms with E-state index >= 15 is 0 Å². The molecule has 0 bridgehead atoms. The summed E-state index contributed by atoms with van der Waals surface area (Å²) in [5.41, 5.74) is 8.04. The summed E-state index contributed by atoms with van der Waals surface area (Å²) in [6, 6.07) is 17.3. The monoisotopic (exact) mass is 354 g/mol. The summed E-state index contributed by atoms with van der Waals surface area (Å²) in [5, 5.41) is 5.93. The number of carbonyl (C=O) groups is 2. The van der Waals surface area contributed by atoms with Gasteiger partial charge in [-0.2, -0.15) is 0 Å². The maximum atomic E-state index is 12.0. The van der Waals surface area contributed by atoms with Crippen molar-refractivity contribution in [3.8, 4) is 0 Å². The Kier molecular flexibility index (Phi) is 7.64. The fourth-order valence-corrected chi connectivity index (χ4v) is 2.66. The molecule has 6 nitrogen and oxygen atoms in total. The van der Waals surface area contributed by atoms with Crippen molar-refractivity contribution in [1.82, 2.24) is 5.32 Å². The van der Waals surface area contributed by atoms with Gasteiger partial charge in [0.05, 0.1) is 6.54 Å². The van der Waals surface area contributed by atoms with Crippen LogP contribution in [0.1, 0.15) is 18.4 Å². The average Bonchev–Trinajstić information content (AvgIpc) is 2.62. The molecule has 0 radical (unpaired) electrons. The lowest BCUT2D eigenvalue weighted by molar-refractivity contribution is -0.117. The molecule has 6 heteroatoms. The summed E-state index contributed by atoms with van der Waals surface area (Å²) in [7, 11) is 1.86. The third kappa shape index (κ3) is 6.57. The molecule has 0 spiro atoms. The second-order valence-electron chi connectivity index (χ2n) is 6.11. The van der Waals surface area contributed by atoms with Gasteiger partial charge in [-0.25, -0.2) is 0 Å². The van der Waals surface area contributed by atoms with Crippen LogP contribution in [0.15, 0.2) is 54.6 Å². The predicted octanol–water partition coefficient (Wildman–Crippen LogP) is 2.12. The van der Waals surface area contributed by atoms with E-state index in [4.69, 9.17) is 5.73 Å². The average molecular weight is 354 g/mol. The fourth-order valence-electron chi connectivity index (χ4n) is 2.66. The third-order valence-electron chi connectivity index (χ3n) is 3.89. The number of amides is 2. The first-order chi connectivity index (χ1) is 12.6. The van der Waals surface area contributed by atoms with E-state index in [1.807, 2.05) is 66.5 Å². The van der Waals surface area contributed by atoms with Crippen molar-refractivity contribution < 1.29 is 9.59 Å². The summed E-state index contributed by atoms with van der Waals surface area (Å²) >= 11 is 0. The number of carbonyl (C=O) groups excluding carboxylic acids is 2. The van der Waals surface area contributed by atoms with Gasteiger partial charge >= 0.3 is 0 Å². The van der Waals surface area contributed by atoms with Crippen LogP contribution in [-0.2, 0) is 16.1 Å². The highest BCUT2D eigenvalue weighted by Crippen LogP contribution is 2.21. The lowest BCUT2D eigenvalue weighted by Gasteiger charge is -2.24. The minimum absolute atomic E-state index is 0.0260. The van der Waals surface area contributed by atoms with Crippen LogP contribution in [0.4, 0.5) is 11.4 Å². The molecule has 0 saturated carbocycles. The van der Waals surface area contributed by atoms with Crippen LogP contribution in [0, 0.1) is 0 Å². The number of nitrogens with zero attached hydrogens (tertiary/aromatic N) is 1. The molecule has 0 unspecified atom stereocenters. The zero-order valence-electron chi connectivity index (χ0n) is 15.1. The number of anilines is 2. The number of nitrogens with two attached hydrogens (primary N) is 1. The van der Waals surface area contributed by atoms with Crippen LogP contribution in [0.2, 0.25) is 0 Å². The molecule has 0 atom stereocenters. The molecule has 26 heavy (non-hydrogen) atoms. The molecule has 2 aromatic carbocycles. The first-order valence-corrected chi connectivity index (χ1v) is 8.70. The molecular formula is C20H26N4O2. The molecule has 0 aliphatic heterocycles. The highest BCUT2D eigenvalue weighted by Gasteiger charge is 2.12. The summed E-state index contributed by atoms with van der Waals surface area (Å²) in [6.45, 7) is 1.47. The van der Waals surface area contributed by atoms with Gasteiger partial charge < -0.3 is 21.3 Å². The number of rotatable bonds is 10. The van der Waals surface area contributed by atoms with E-state index in [-0.39, 0.29) is 12.5 Å². The van der Waals surface area contributed by atoms with Gasteiger partial charge in [-0.3, -0.25) is 9.59 Å². The molecule has 138 valence electrons. The van der Waals surface area contributed by atoms with Gasteiger partial charge in [0.25, 0.3) is 0 Å². The van der Waals surface area contributed by atoms with Gasteiger partial charge in [0.2, 0.25) is 11.8 Å². The van der Waals surface area contributed by atoms with Crippen molar-refractivity contribution >= 4 is 23.2 Å². The van der Waals surface area contributed by atoms with Crippen LogP contribution in [0.25, 0.3) is 0 Å². The first-order valence-electron chi connectivity index (χ1n) is 8.70. The zero-order chi connectivity index (χ0) is 18.8. The maximum absolute atomic E-state index is 12.0. The Balaban J connectivity index is 2.10. The predicted molar refractivity (Wildman–Crippen MR) is 105 cm³/mol. The molecule has 0 aliphatic rings. The van der Waals surface area contributed by atoms with E-state index in [1.165, 1.54) is 0 Å². The van der Waals surface area contributed by atoms with Crippen LogP contribution in [-0.4, -0.2) is 32.0 Å². The molecule has 0 aromatic heterocycles. The lowest BCUT2D eigenvalue weighted by atomic mass is 10.2. The van der Waals surface area contributed by atoms with E-state index < -0.39 is 5.91 Å². The van der Waals surface area contributed by atoms with Crippen molar-refractivity contribution in [2.24, 2.45) is 5.73 Å². The Morgan fingerprint density at radius 1 is 1.08 bits per heavy atom. The van der Waals surface area contributed by atoms with Crippen molar-refractivity contribution in [3.05, 3.63) is 60.2 Å². The summed E-state index contributed by atoms with van der Waals surface area (Å²) in [6.07, 6.45) is 1.24. The van der Waals surface area contributed by atoms with E-state index in [9.17, 15) is 9.59 Å². The van der Waals surface area contributed by atoms with Gasteiger partial charge in [-0.15, -0.1) is 0 Å². The fraction of sp³-hybridized carbons (Fsp3) is 0.300. The molecular weight excluding hydrogens is 328 g/mol. The lowest BCUT2D eigenvalue weighted by Crippen LogP contribution is -2.33. The second-order valence-corrected chi connectivity index (χ2v) is 6.11. The van der Waals surface area contributed by atoms with Crippen LogP contribution >= 0.6 is 0 Å². The normalized spacial score (nSPS) is 10.3. The second kappa shape index (κ2) is 10.2. The Labute approximate surface area is 154 Å². The summed E-state index contributed by atoms with van der Waals surface area (Å²) in [4.78, 5) is 25.4. The number of hydrogen-bond acceptors (Lipinski definition) is 4. The number of benzene rings is 2. The third-order valence-corrected chi connectivity index (χ3v) is 3.89. The molecule has 0 fully saturated rings. The van der Waals surface area contributed by atoms with E-state index in [0.29, 0.717) is 18.7 Å². The van der Waals surface area contributed by atoms with Gasteiger partial charge in [-0.05, 0) is 43.8 Å². The Bertz CT molecular complexity index is 719. The molecule has 0 saturated heterocycles. The molecule has 2 aromatic rings. The minimum Gasteiger partial charge on any atom is -0.368 e. The van der Waals surface area contributed by atoms with Gasteiger partial charge in [-0.1, -0.05) is 36.4 Å². The summed E-state index contributed by atoms with van der Waals surface area (Å²) < 4.78 is 0. The standard InChI is InChI=1S/C20H26N4O2/c1-22-12-6-11-20(26)23-17-9-5-10-18(13-17)24(15-19(21)25)14-16-7-3-2-4-8-16/h2-5,7-10,13,22H,6,11-12,14-15H2,1H3,(H2,21,25)(H,23,26). The highest BCUT2D eigenvalue weighted by atomic mass is 16.2. The number of hydrogen-bond donors (Lipinski definition) is 3. The van der Waals surface area contributed by atoms with Crippen molar-refractivity contribution in [3.63, 3.8) is 0 Å². The Morgan fingerprint density at radius 3 is 2.54 bits per heavy atom. The molecule has 0 aliphatic carbocycles. The van der Waals surface area contributed by atoms with Crippen molar-refractivity contribution in [1.29, 1.82) is 0 Å². The smallest absolute Gasteiger partial charge is 0.236 e. The van der Waals surface area contributed by atoms with E-state index in [1.54, 1.807) is 0 Å².